The van der Waals surface area contributed by atoms with Gasteiger partial charge in [-0.3, -0.25) is 9.80 Å². The predicted molar refractivity (Wildman–Crippen MR) is 88.4 cm³/mol. The fraction of sp³-hybridized carbons (Fsp3) is 0.667. The maximum atomic E-state index is 14.4. The van der Waals surface area contributed by atoms with Gasteiger partial charge in [0.2, 0.25) is 0 Å². The summed E-state index contributed by atoms with van der Waals surface area (Å²) in [4.78, 5) is 4.72. The van der Waals surface area contributed by atoms with E-state index in [1.807, 2.05) is 0 Å². The van der Waals surface area contributed by atoms with Crippen molar-refractivity contribution in [3.05, 3.63) is 35.4 Å². The molecule has 2 aliphatic heterocycles. The molecule has 1 N–H and O–H groups in total. The third-order valence-corrected chi connectivity index (χ3v) is 5.09. The van der Waals surface area contributed by atoms with Crippen molar-refractivity contribution < 1.29 is 8.78 Å². The van der Waals surface area contributed by atoms with Gasteiger partial charge in [-0.15, -0.1) is 0 Å². The zero-order chi connectivity index (χ0) is 16.2. The van der Waals surface area contributed by atoms with Crippen molar-refractivity contribution in [3.63, 3.8) is 0 Å². The van der Waals surface area contributed by atoms with Gasteiger partial charge in [0, 0.05) is 44.8 Å². The molecule has 0 aromatic heterocycles. The summed E-state index contributed by atoms with van der Waals surface area (Å²) in [7, 11) is 0. The minimum absolute atomic E-state index is 0.0634. The minimum atomic E-state index is -0.350. The summed E-state index contributed by atoms with van der Waals surface area (Å²) >= 11 is 0. The maximum absolute atomic E-state index is 14.4. The molecule has 3 nitrogen and oxygen atoms in total. The molecule has 2 atom stereocenters. The van der Waals surface area contributed by atoms with Crippen molar-refractivity contribution in [1.82, 2.24) is 15.1 Å². The Morgan fingerprint density at radius 3 is 2.74 bits per heavy atom. The third kappa shape index (κ3) is 4.28. The molecular formula is C18H27F2N3. The third-order valence-electron chi connectivity index (χ3n) is 5.09. The maximum Gasteiger partial charge on any atom is 0.128 e. The van der Waals surface area contributed by atoms with Crippen LogP contribution in [0.15, 0.2) is 18.2 Å². The second-order valence-electron chi connectivity index (χ2n) is 6.97. The lowest BCUT2D eigenvalue weighted by atomic mass is 9.95. The minimum Gasteiger partial charge on any atom is -0.314 e. The second-order valence-corrected chi connectivity index (χ2v) is 6.97. The molecular weight excluding hydrogens is 296 g/mol. The van der Waals surface area contributed by atoms with Gasteiger partial charge < -0.3 is 5.32 Å². The summed E-state index contributed by atoms with van der Waals surface area (Å²) in [6.07, 6.45) is 2.36. The van der Waals surface area contributed by atoms with Gasteiger partial charge in [-0.25, -0.2) is 8.78 Å². The molecule has 2 unspecified atom stereocenters. The summed E-state index contributed by atoms with van der Waals surface area (Å²) in [5.74, 6) is -0.0209. The Hall–Kier alpha value is -1.04. The molecule has 1 aromatic rings. The molecule has 2 saturated heterocycles. The molecule has 0 bridgehead atoms. The van der Waals surface area contributed by atoms with Crippen LogP contribution in [0.4, 0.5) is 8.78 Å². The predicted octanol–water partition coefficient (Wildman–Crippen LogP) is 2.64. The lowest BCUT2D eigenvalue weighted by Crippen LogP contribution is -2.48. The van der Waals surface area contributed by atoms with Crippen molar-refractivity contribution in [2.24, 2.45) is 5.92 Å². The van der Waals surface area contributed by atoms with Crippen LogP contribution in [-0.4, -0.2) is 55.6 Å². The molecule has 2 fully saturated rings. The van der Waals surface area contributed by atoms with E-state index in [0.717, 1.165) is 52.2 Å². The van der Waals surface area contributed by atoms with Gasteiger partial charge in [0.1, 0.15) is 11.6 Å². The van der Waals surface area contributed by atoms with E-state index < -0.39 is 0 Å². The Kier molecular flexibility index (Phi) is 5.62. The number of piperazine rings is 1. The van der Waals surface area contributed by atoms with Crippen molar-refractivity contribution >= 4 is 0 Å². The van der Waals surface area contributed by atoms with Gasteiger partial charge in [-0.05, 0) is 43.5 Å². The van der Waals surface area contributed by atoms with E-state index in [1.165, 1.54) is 24.6 Å². The van der Waals surface area contributed by atoms with Gasteiger partial charge >= 0.3 is 0 Å². The highest BCUT2D eigenvalue weighted by atomic mass is 19.1. The SMILES string of the molecule is CC1CCCN(C(CN2CCNCC2)c2cc(F)ccc2F)C1. The largest absolute Gasteiger partial charge is 0.314 e. The molecule has 0 saturated carbocycles. The monoisotopic (exact) mass is 323 g/mol. The quantitative estimate of drug-likeness (QED) is 0.919. The Morgan fingerprint density at radius 1 is 1.22 bits per heavy atom. The van der Waals surface area contributed by atoms with Crippen LogP contribution in [0.2, 0.25) is 0 Å². The van der Waals surface area contributed by atoms with Crippen LogP contribution in [0.1, 0.15) is 31.4 Å². The van der Waals surface area contributed by atoms with Crippen LogP contribution < -0.4 is 5.32 Å². The summed E-state index contributed by atoms with van der Waals surface area (Å²) in [6, 6.07) is 3.80. The Morgan fingerprint density at radius 2 is 2.00 bits per heavy atom. The molecule has 1 aromatic carbocycles. The number of nitrogens with one attached hydrogen (secondary N) is 1. The number of likely N-dealkylation sites (tertiary alicyclic amines) is 1. The van der Waals surface area contributed by atoms with Gasteiger partial charge in [0.05, 0.1) is 6.04 Å². The Balaban J connectivity index is 1.83. The van der Waals surface area contributed by atoms with Crippen LogP contribution >= 0.6 is 0 Å². The number of benzene rings is 1. The molecule has 5 heteroatoms. The van der Waals surface area contributed by atoms with E-state index in [1.54, 1.807) is 0 Å². The van der Waals surface area contributed by atoms with Crippen molar-refractivity contribution in [3.8, 4) is 0 Å². The van der Waals surface area contributed by atoms with Crippen LogP contribution in [0.3, 0.4) is 0 Å². The zero-order valence-electron chi connectivity index (χ0n) is 13.9. The molecule has 2 heterocycles. The fourth-order valence-corrected chi connectivity index (χ4v) is 3.83. The van der Waals surface area contributed by atoms with Crippen molar-refractivity contribution in [2.75, 3.05) is 45.8 Å². The molecule has 3 rings (SSSR count). The lowest BCUT2D eigenvalue weighted by Gasteiger charge is -2.40. The number of hydrogen-bond acceptors (Lipinski definition) is 3. The van der Waals surface area contributed by atoms with Gasteiger partial charge in [0.25, 0.3) is 0 Å². The smallest absolute Gasteiger partial charge is 0.128 e. The van der Waals surface area contributed by atoms with Crippen molar-refractivity contribution in [2.45, 2.75) is 25.8 Å². The molecule has 0 radical (unpaired) electrons. The Bertz CT molecular complexity index is 517. The summed E-state index contributed by atoms with van der Waals surface area (Å²) in [6.45, 7) is 8.83. The zero-order valence-corrected chi connectivity index (χ0v) is 13.9. The molecule has 0 spiro atoms. The molecule has 2 aliphatic rings. The number of hydrogen-bond donors (Lipinski definition) is 1. The summed E-state index contributed by atoms with van der Waals surface area (Å²) in [5, 5.41) is 3.35. The van der Waals surface area contributed by atoms with E-state index >= 15 is 0 Å². The van der Waals surface area contributed by atoms with Gasteiger partial charge in [-0.2, -0.15) is 0 Å². The first kappa shape index (κ1) is 16.8. The van der Waals surface area contributed by atoms with E-state index in [2.05, 4.69) is 22.0 Å². The van der Waals surface area contributed by atoms with E-state index in [4.69, 9.17) is 0 Å². The molecule has 128 valence electrons. The highest BCUT2D eigenvalue weighted by Crippen LogP contribution is 2.30. The van der Waals surface area contributed by atoms with E-state index in [9.17, 15) is 8.78 Å². The summed E-state index contributed by atoms with van der Waals surface area (Å²) < 4.78 is 28.1. The van der Waals surface area contributed by atoms with Crippen LogP contribution in [-0.2, 0) is 0 Å². The van der Waals surface area contributed by atoms with Crippen LogP contribution in [0, 0.1) is 17.6 Å². The van der Waals surface area contributed by atoms with E-state index in [0.29, 0.717) is 11.5 Å². The molecule has 0 amide bonds. The van der Waals surface area contributed by atoms with Gasteiger partial charge in [-0.1, -0.05) is 6.92 Å². The van der Waals surface area contributed by atoms with Crippen LogP contribution in [0.5, 0.6) is 0 Å². The highest BCUT2D eigenvalue weighted by molar-refractivity contribution is 5.23. The van der Waals surface area contributed by atoms with Gasteiger partial charge in [0.15, 0.2) is 0 Å². The first-order valence-electron chi connectivity index (χ1n) is 8.75. The lowest BCUT2D eigenvalue weighted by molar-refractivity contribution is 0.0891. The number of halogens is 2. The standard InChI is InChI=1S/C18H27F2N3/c1-14-3-2-8-23(12-14)18(13-22-9-6-21-7-10-22)16-11-15(19)4-5-17(16)20/h4-5,11,14,18,21H,2-3,6-10,12-13H2,1H3. The number of piperidine rings is 1. The first-order chi connectivity index (χ1) is 11.1. The van der Waals surface area contributed by atoms with Crippen LogP contribution in [0.25, 0.3) is 0 Å². The normalized spacial score (nSPS) is 25.4. The summed E-state index contributed by atoms with van der Waals surface area (Å²) in [5.41, 5.74) is 0.512. The number of nitrogens with zero attached hydrogens (tertiary/aromatic N) is 2. The molecule has 0 aliphatic carbocycles. The average Bonchev–Trinajstić information content (AvgIpc) is 2.56. The molecule has 23 heavy (non-hydrogen) atoms. The number of rotatable bonds is 4. The fourth-order valence-electron chi connectivity index (χ4n) is 3.83. The Labute approximate surface area is 137 Å². The second kappa shape index (κ2) is 7.69. The average molecular weight is 323 g/mol. The highest BCUT2D eigenvalue weighted by Gasteiger charge is 2.29. The first-order valence-corrected chi connectivity index (χ1v) is 8.75. The topological polar surface area (TPSA) is 18.5 Å². The van der Waals surface area contributed by atoms with Crippen molar-refractivity contribution in [1.29, 1.82) is 0 Å². The van der Waals surface area contributed by atoms with E-state index in [-0.39, 0.29) is 17.7 Å².